The van der Waals surface area contributed by atoms with Crippen molar-refractivity contribution < 1.29 is 5.21 Å². The van der Waals surface area contributed by atoms with E-state index in [-0.39, 0.29) is 0 Å². The third-order valence-electron chi connectivity index (χ3n) is 3.54. The van der Waals surface area contributed by atoms with Crippen molar-refractivity contribution >= 4 is 11.0 Å². The largest absolute Gasteiger partial charge is 0.311 e. The van der Waals surface area contributed by atoms with Gasteiger partial charge >= 0.3 is 0 Å². The second kappa shape index (κ2) is 5.51. The molecule has 3 rings (SSSR count). The Hall–Kier alpha value is -2.24. The van der Waals surface area contributed by atoms with Crippen LogP contribution in [0.3, 0.4) is 0 Å². The van der Waals surface area contributed by atoms with E-state index >= 15 is 0 Å². The number of aromatic nitrogens is 3. The normalized spacial score (nSPS) is 13.7. The van der Waals surface area contributed by atoms with E-state index in [0.29, 0.717) is 0 Å². The van der Waals surface area contributed by atoms with Crippen molar-refractivity contribution in [1.82, 2.24) is 20.1 Å². The van der Waals surface area contributed by atoms with Crippen LogP contribution in [0, 0.1) is 0 Å². The Bertz CT molecular complexity index is 728. The molecule has 3 aromatic rings. The lowest BCUT2D eigenvalue weighted by molar-refractivity contribution is -0.201. The summed E-state index contributed by atoms with van der Waals surface area (Å²) in [6.07, 6.45) is -0.478. The predicted octanol–water partition coefficient (Wildman–Crippen LogP) is 3.47. The number of hydroxylamine groups is 2. The number of hydrogen-bond donors (Lipinski definition) is 1. The molecule has 1 unspecified atom stereocenters. The van der Waals surface area contributed by atoms with Crippen LogP contribution >= 0.6 is 0 Å². The highest BCUT2D eigenvalue weighted by Crippen LogP contribution is 2.27. The summed E-state index contributed by atoms with van der Waals surface area (Å²) in [5.41, 5.74) is 2.11. The average Bonchev–Trinajstić information content (AvgIpc) is 2.91. The minimum absolute atomic E-state index is 0.444. The van der Waals surface area contributed by atoms with E-state index in [4.69, 9.17) is 0 Å². The van der Waals surface area contributed by atoms with E-state index in [1.165, 1.54) is 5.06 Å². The van der Waals surface area contributed by atoms with Crippen LogP contribution in [-0.2, 0) is 0 Å². The monoisotopic (exact) mass is 296 g/mol. The molecule has 0 fully saturated rings. The van der Waals surface area contributed by atoms with E-state index in [1.807, 2.05) is 75.4 Å². The standard InChI is InChI=1S/C17H20N4O/c1-17(2,3)20(22)16(13-9-5-4-6-10-13)21-18-14-11-7-8-12-15(14)19-21/h4-12,16,22H,1-3H3. The SMILES string of the molecule is CC(C)(C)N(O)C(c1ccccc1)n1nc2ccccc2n1. The lowest BCUT2D eigenvalue weighted by Gasteiger charge is -2.35. The van der Waals surface area contributed by atoms with Crippen LogP contribution in [0.4, 0.5) is 0 Å². The Morgan fingerprint density at radius 2 is 1.41 bits per heavy atom. The van der Waals surface area contributed by atoms with Gasteiger partial charge in [0.2, 0.25) is 0 Å². The number of rotatable bonds is 3. The maximum absolute atomic E-state index is 10.7. The predicted molar refractivity (Wildman–Crippen MR) is 85.5 cm³/mol. The van der Waals surface area contributed by atoms with Gasteiger partial charge in [-0.3, -0.25) is 0 Å². The fraction of sp³-hybridized carbons (Fsp3) is 0.294. The quantitative estimate of drug-likeness (QED) is 0.752. The van der Waals surface area contributed by atoms with E-state index in [9.17, 15) is 5.21 Å². The molecule has 1 N–H and O–H groups in total. The molecule has 1 heterocycles. The van der Waals surface area contributed by atoms with Crippen LogP contribution in [0.25, 0.3) is 11.0 Å². The molecule has 0 aliphatic rings. The summed E-state index contributed by atoms with van der Waals surface area (Å²) in [5, 5.41) is 21.1. The molecule has 0 bridgehead atoms. The summed E-state index contributed by atoms with van der Waals surface area (Å²) in [5.74, 6) is 0. The number of fused-ring (bicyclic) bond motifs is 1. The molecule has 0 saturated carbocycles. The highest BCUT2D eigenvalue weighted by atomic mass is 16.5. The lowest BCUT2D eigenvalue weighted by Crippen LogP contribution is -2.44. The van der Waals surface area contributed by atoms with Crippen molar-refractivity contribution in [2.45, 2.75) is 32.5 Å². The summed E-state index contributed by atoms with van der Waals surface area (Å²) in [4.78, 5) is 1.57. The minimum atomic E-state index is -0.478. The third-order valence-corrected chi connectivity index (χ3v) is 3.54. The number of hydrogen-bond acceptors (Lipinski definition) is 4. The molecule has 0 spiro atoms. The third kappa shape index (κ3) is 2.73. The van der Waals surface area contributed by atoms with Gasteiger partial charge in [-0.25, -0.2) is 0 Å². The highest BCUT2D eigenvalue weighted by Gasteiger charge is 2.31. The van der Waals surface area contributed by atoms with Crippen molar-refractivity contribution in [3.63, 3.8) is 0 Å². The Morgan fingerprint density at radius 1 is 0.909 bits per heavy atom. The molecular formula is C17H20N4O. The first-order valence-corrected chi connectivity index (χ1v) is 7.31. The van der Waals surface area contributed by atoms with Crippen LogP contribution in [0.5, 0.6) is 0 Å². The average molecular weight is 296 g/mol. The minimum Gasteiger partial charge on any atom is -0.311 e. The zero-order valence-corrected chi connectivity index (χ0v) is 13.0. The first-order valence-electron chi connectivity index (χ1n) is 7.31. The van der Waals surface area contributed by atoms with Gasteiger partial charge in [-0.1, -0.05) is 42.5 Å². The zero-order valence-electron chi connectivity index (χ0n) is 13.0. The van der Waals surface area contributed by atoms with Gasteiger partial charge in [-0.05, 0) is 38.5 Å². The molecule has 0 aliphatic carbocycles. The second-order valence-electron chi connectivity index (χ2n) is 6.31. The Kier molecular flexibility index (Phi) is 3.68. The number of benzene rings is 2. The maximum Gasteiger partial charge on any atom is 0.172 e. The van der Waals surface area contributed by atoms with Gasteiger partial charge in [0.1, 0.15) is 11.0 Å². The molecule has 0 saturated heterocycles. The molecule has 5 nitrogen and oxygen atoms in total. The van der Waals surface area contributed by atoms with E-state index in [1.54, 1.807) is 4.80 Å². The molecule has 1 aromatic heterocycles. The maximum atomic E-state index is 10.7. The first kappa shape index (κ1) is 14.7. The second-order valence-corrected chi connectivity index (χ2v) is 6.31. The van der Waals surface area contributed by atoms with Crippen LogP contribution in [0.15, 0.2) is 54.6 Å². The van der Waals surface area contributed by atoms with Crippen LogP contribution in [0.1, 0.15) is 32.5 Å². The first-order chi connectivity index (χ1) is 10.5. The molecule has 22 heavy (non-hydrogen) atoms. The van der Waals surface area contributed by atoms with Crippen molar-refractivity contribution in [2.75, 3.05) is 0 Å². The smallest absolute Gasteiger partial charge is 0.172 e. The fourth-order valence-corrected chi connectivity index (χ4v) is 2.35. The number of nitrogens with zero attached hydrogens (tertiary/aromatic N) is 4. The molecule has 5 heteroatoms. The van der Waals surface area contributed by atoms with Crippen molar-refractivity contribution in [1.29, 1.82) is 0 Å². The summed E-state index contributed by atoms with van der Waals surface area (Å²) in [7, 11) is 0. The van der Waals surface area contributed by atoms with Gasteiger partial charge in [0.15, 0.2) is 6.17 Å². The molecule has 114 valence electrons. The summed E-state index contributed by atoms with van der Waals surface area (Å²) in [6.45, 7) is 5.85. The summed E-state index contributed by atoms with van der Waals surface area (Å²) >= 11 is 0. The molecule has 0 amide bonds. The molecule has 1 atom stereocenters. The Balaban J connectivity index is 2.12. The van der Waals surface area contributed by atoms with Gasteiger partial charge in [0.05, 0.1) is 0 Å². The Morgan fingerprint density at radius 3 is 1.91 bits per heavy atom. The van der Waals surface area contributed by atoms with Crippen molar-refractivity contribution in [3.8, 4) is 0 Å². The van der Waals surface area contributed by atoms with Crippen molar-refractivity contribution in [3.05, 3.63) is 60.2 Å². The van der Waals surface area contributed by atoms with Crippen LogP contribution in [-0.4, -0.2) is 30.8 Å². The van der Waals surface area contributed by atoms with E-state index in [0.717, 1.165) is 16.6 Å². The van der Waals surface area contributed by atoms with Crippen molar-refractivity contribution in [2.24, 2.45) is 0 Å². The molecular weight excluding hydrogens is 276 g/mol. The highest BCUT2D eigenvalue weighted by molar-refractivity contribution is 5.73. The van der Waals surface area contributed by atoms with Crippen LogP contribution in [0.2, 0.25) is 0 Å². The zero-order chi connectivity index (χ0) is 15.7. The van der Waals surface area contributed by atoms with Gasteiger partial charge in [0.25, 0.3) is 0 Å². The van der Waals surface area contributed by atoms with Gasteiger partial charge in [-0.2, -0.15) is 20.1 Å². The Labute approximate surface area is 129 Å². The van der Waals surface area contributed by atoms with E-state index < -0.39 is 11.7 Å². The van der Waals surface area contributed by atoms with Gasteiger partial charge in [-0.15, -0.1) is 0 Å². The van der Waals surface area contributed by atoms with Gasteiger partial charge in [0, 0.05) is 5.54 Å². The molecule has 0 aliphatic heterocycles. The lowest BCUT2D eigenvalue weighted by atomic mass is 10.1. The molecule has 2 aromatic carbocycles. The molecule has 0 radical (unpaired) electrons. The van der Waals surface area contributed by atoms with Crippen LogP contribution < -0.4 is 0 Å². The summed E-state index contributed by atoms with van der Waals surface area (Å²) < 4.78 is 0. The summed E-state index contributed by atoms with van der Waals surface area (Å²) in [6, 6.07) is 17.5. The fourth-order valence-electron chi connectivity index (χ4n) is 2.35. The van der Waals surface area contributed by atoms with Gasteiger partial charge < -0.3 is 5.21 Å². The topological polar surface area (TPSA) is 54.2 Å². The van der Waals surface area contributed by atoms with E-state index in [2.05, 4.69) is 10.2 Å².